The summed E-state index contributed by atoms with van der Waals surface area (Å²) >= 11 is 0. The Morgan fingerprint density at radius 2 is 1.68 bits per heavy atom. The van der Waals surface area contributed by atoms with E-state index >= 15 is 0 Å². The van der Waals surface area contributed by atoms with E-state index in [1.807, 2.05) is 48.7 Å². The molecular formula is C32H34N4O5. The van der Waals surface area contributed by atoms with Crippen LogP contribution in [0.15, 0.2) is 71.5 Å². The average Bonchev–Trinajstić information content (AvgIpc) is 2.95. The summed E-state index contributed by atoms with van der Waals surface area (Å²) in [6, 6.07) is 19.2. The van der Waals surface area contributed by atoms with Crippen LogP contribution in [-0.4, -0.2) is 53.6 Å². The van der Waals surface area contributed by atoms with Gasteiger partial charge in [0.1, 0.15) is 11.2 Å². The molecule has 2 saturated heterocycles. The average molecular weight is 555 g/mol. The molecule has 3 atom stereocenters. The third-order valence-electron chi connectivity index (χ3n) is 8.55. The zero-order valence-corrected chi connectivity index (χ0v) is 23.3. The highest BCUT2D eigenvalue weighted by Crippen LogP contribution is 2.39. The number of hydrogen-bond donors (Lipinski definition) is 1. The number of barbiturate groups is 1. The van der Waals surface area contributed by atoms with Crippen LogP contribution in [0.3, 0.4) is 0 Å². The zero-order valence-electron chi connectivity index (χ0n) is 23.3. The molecule has 0 aliphatic carbocycles. The number of nitrogens with zero attached hydrogens (tertiary/aromatic N) is 3. The smallest absolute Gasteiger partial charge is 0.335 e. The first-order valence-electron chi connectivity index (χ1n) is 14.2. The number of amides is 4. The number of urea groups is 1. The first-order chi connectivity index (χ1) is 19.8. The number of carbonyl (C=O) groups excluding carboxylic acids is 3. The number of piperidine rings is 1. The molecule has 0 radical (unpaired) electrons. The summed E-state index contributed by atoms with van der Waals surface area (Å²) in [6.45, 7) is 6.41. The van der Waals surface area contributed by atoms with Gasteiger partial charge in [0.25, 0.3) is 11.5 Å². The Labute approximate surface area is 238 Å². The monoisotopic (exact) mass is 554 g/mol. The lowest BCUT2D eigenvalue weighted by atomic mass is 9.75. The Morgan fingerprint density at radius 3 is 2.41 bits per heavy atom. The van der Waals surface area contributed by atoms with Crippen molar-refractivity contribution in [2.75, 3.05) is 31.1 Å². The highest BCUT2D eigenvalue weighted by Gasteiger charge is 2.55. The van der Waals surface area contributed by atoms with Gasteiger partial charge < -0.3 is 14.2 Å². The molecule has 2 aromatic carbocycles. The number of aryl methyl sites for hydroxylation is 1. The van der Waals surface area contributed by atoms with Crippen LogP contribution < -0.4 is 20.5 Å². The number of imide groups is 2. The van der Waals surface area contributed by atoms with Gasteiger partial charge in [0.2, 0.25) is 5.91 Å². The van der Waals surface area contributed by atoms with Crippen LogP contribution in [0.25, 0.3) is 0 Å². The van der Waals surface area contributed by atoms with Crippen LogP contribution in [0.5, 0.6) is 5.75 Å². The number of aromatic nitrogens is 1. The van der Waals surface area contributed by atoms with Gasteiger partial charge in [0.05, 0.1) is 12.3 Å². The van der Waals surface area contributed by atoms with Crippen LogP contribution in [0.1, 0.15) is 36.1 Å². The molecule has 3 aliphatic rings. The van der Waals surface area contributed by atoms with Crippen molar-refractivity contribution in [3.8, 4) is 5.75 Å². The van der Waals surface area contributed by atoms with Crippen molar-refractivity contribution in [2.45, 2.75) is 39.2 Å². The van der Waals surface area contributed by atoms with Crippen LogP contribution in [-0.2, 0) is 22.6 Å². The van der Waals surface area contributed by atoms with E-state index in [4.69, 9.17) is 4.74 Å². The van der Waals surface area contributed by atoms with E-state index in [9.17, 15) is 19.2 Å². The molecule has 1 N–H and O–H groups in total. The molecule has 2 bridgehead atoms. The Kier molecular flexibility index (Phi) is 6.99. The molecule has 6 rings (SSSR count). The van der Waals surface area contributed by atoms with Crippen LogP contribution in [0.4, 0.5) is 10.5 Å². The number of anilines is 1. The van der Waals surface area contributed by atoms with Gasteiger partial charge in [-0.1, -0.05) is 35.9 Å². The maximum absolute atomic E-state index is 14.5. The van der Waals surface area contributed by atoms with Crippen molar-refractivity contribution in [1.29, 1.82) is 0 Å². The number of pyridine rings is 1. The van der Waals surface area contributed by atoms with Crippen LogP contribution in [0, 0.1) is 18.3 Å². The Morgan fingerprint density at radius 1 is 0.927 bits per heavy atom. The quantitative estimate of drug-likeness (QED) is 0.449. The molecule has 4 heterocycles. The van der Waals surface area contributed by atoms with E-state index in [1.54, 1.807) is 36.4 Å². The first-order valence-corrected chi connectivity index (χ1v) is 14.2. The highest BCUT2D eigenvalue weighted by molar-refractivity contribution is 6.30. The van der Waals surface area contributed by atoms with Gasteiger partial charge >= 0.3 is 6.03 Å². The Bertz CT molecular complexity index is 1550. The fourth-order valence-corrected chi connectivity index (χ4v) is 6.68. The predicted octanol–water partition coefficient (Wildman–Crippen LogP) is 3.49. The van der Waals surface area contributed by atoms with E-state index in [0.717, 1.165) is 28.1 Å². The lowest BCUT2D eigenvalue weighted by Crippen LogP contribution is -2.68. The molecule has 0 saturated carbocycles. The van der Waals surface area contributed by atoms with Gasteiger partial charge in [0, 0.05) is 43.9 Å². The second-order valence-electron chi connectivity index (χ2n) is 11.5. The number of rotatable bonds is 7. The molecule has 0 unspecified atom stereocenters. The summed E-state index contributed by atoms with van der Waals surface area (Å²) < 4.78 is 7.40. The number of nitrogens with one attached hydrogen (secondary N) is 1. The lowest BCUT2D eigenvalue weighted by Gasteiger charge is -2.47. The van der Waals surface area contributed by atoms with Crippen molar-refractivity contribution in [3.05, 3.63) is 93.9 Å². The minimum atomic E-state index is -1.52. The van der Waals surface area contributed by atoms with E-state index in [2.05, 4.69) is 10.2 Å². The van der Waals surface area contributed by atoms with Crippen LogP contribution >= 0.6 is 0 Å². The molecule has 4 amide bonds. The lowest BCUT2D eigenvalue weighted by molar-refractivity contribution is -0.144. The minimum Gasteiger partial charge on any atom is -0.494 e. The number of fused-ring (bicyclic) bond motifs is 4. The standard InChI is InChI=1S/C32H34N4O5/c1-3-41-26-13-11-25(12-14-26)36-30(39)32(29(38)33-31(36)40,16-22-9-7-21(2)8-10-22)20-34-17-23-15-24(19-34)27-5-4-6-28(37)35(27)18-23/h4-14,23-24H,3,15-20H2,1-2H3,(H,33,38,40)/t23-,24-,32+/m1/s1. The fourth-order valence-electron chi connectivity index (χ4n) is 6.68. The van der Waals surface area contributed by atoms with Gasteiger partial charge in [-0.15, -0.1) is 0 Å². The van der Waals surface area contributed by atoms with E-state index < -0.39 is 23.3 Å². The maximum atomic E-state index is 14.5. The zero-order chi connectivity index (χ0) is 28.7. The van der Waals surface area contributed by atoms with E-state index in [-0.39, 0.29) is 30.4 Å². The maximum Gasteiger partial charge on any atom is 0.335 e. The summed E-state index contributed by atoms with van der Waals surface area (Å²) in [7, 11) is 0. The van der Waals surface area contributed by atoms with Crippen molar-refractivity contribution >= 4 is 23.5 Å². The van der Waals surface area contributed by atoms with Gasteiger partial charge in [-0.3, -0.25) is 19.7 Å². The molecule has 1 aromatic heterocycles. The van der Waals surface area contributed by atoms with Crippen molar-refractivity contribution in [1.82, 2.24) is 14.8 Å². The SMILES string of the molecule is CCOc1ccc(N2C(=O)NC(=O)[C@](Cc3ccc(C)cc3)(CN3C[C@H]4C[C@H](C3)c3cccc(=O)n3C4)C2=O)cc1. The number of benzene rings is 2. The molecule has 41 heavy (non-hydrogen) atoms. The summed E-state index contributed by atoms with van der Waals surface area (Å²) in [5.74, 6) is -0.143. The van der Waals surface area contributed by atoms with E-state index in [1.165, 1.54) is 0 Å². The molecule has 9 heteroatoms. The molecule has 2 fully saturated rings. The van der Waals surface area contributed by atoms with Crippen molar-refractivity contribution in [3.63, 3.8) is 0 Å². The second kappa shape index (κ2) is 10.6. The first kappa shape index (κ1) is 27.0. The van der Waals surface area contributed by atoms with Gasteiger partial charge in [-0.05, 0) is 68.5 Å². The number of hydrogen-bond acceptors (Lipinski definition) is 6. The molecule has 9 nitrogen and oxygen atoms in total. The highest BCUT2D eigenvalue weighted by atomic mass is 16.5. The molecule has 3 aliphatic heterocycles. The second-order valence-corrected chi connectivity index (χ2v) is 11.5. The predicted molar refractivity (Wildman–Crippen MR) is 154 cm³/mol. The van der Waals surface area contributed by atoms with Gasteiger partial charge in [0.15, 0.2) is 0 Å². The summed E-state index contributed by atoms with van der Waals surface area (Å²) in [5.41, 5.74) is 1.77. The third-order valence-corrected chi connectivity index (χ3v) is 8.55. The molecular weight excluding hydrogens is 520 g/mol. The summed E-state index contributed by atoms with van der Waals surface area (Å²) in [4.78, 5) is 57.2. The molecule has 3 aromatic rings. The Balaban J connectivity index is 1.36. The number of ether oxygens (including phenoxy) is 1. The summed E-state index contributed by atoms with van der Waals surface area (Å²) in [5, 5.41) is 2.51. The van der Waals surface area contributed by atoms with Crippen molar-refractivity contribution in [2.24, 2.45) is 11.3 Å². The molecule has 0 spiro atoms. The minimum absolute atomic E-state index is 0.00726. The van der Waals surface area contributed by atoms with E-state index in [0.29, 0.717) is 37.7 Å². The van der Waals surface area contributed by atoms with Crippen molar-refractivity contribution < 1.29 is 19.1 Å². The number of likely N-dealkylation sites (tertiary alicyclic amines) is 1. The number of carbonyl (C=O) groups is 3. The van der Waals surface area contributed by atoms with Gasteiger partial charge in [-0.2, -0.15) is 0 Å². The largest absolute Gasteiger partial charge is 0.494 e. The Hall–Kier alpha value is -4.24. The third kappa shape index (κ3) is 4.95. The normalized spacial score (nSPS) is 24.1. The fraction of sp³-hybridized carbons (Fsp3) is 0.375. The van der Waals surface area contributed by atoms with Gasteiger partial charge in [-0.25, -0.2) is 9.69 Å². The summed E-state index contributed by atoms with van der Waals surface area (Å²) in [6.07, 6.45) is 1.11. The van der Waals surface area contributed by atoms with Crippen LogP contribution in [0.2, 0.25) is 0 Å². The topological polar surface area (TPSA) is 101 Å². The molecule has 212 valence electrons.